The van der Waals surface area contributed by atoms with Gasteiger partial charge in [-0.05, 0) is 0 Å². The first kappa shape index (κ1) is 15.9. The van der Waals surface area contributed by atoms with Crippen molar-refractivity contribution in [2.75, 3.05) is 13.7 Å². The first-order valence-electron chi connectivity index (χ1n) is 5.90. The zero-order chi connectivity index (χ0) is 15.6. The smallest absolute Gasteiger partial charge is 0.382 e. The van der Waals surface area contributed by atoms with Crippen LogP contribution in [0, 0.1) is 5.82 Å². The van der Waals surface area contributed by atoms with Crippen LogP contribution in [0.4, 0.5) is 4.39 Å². The maximum absolute atomic E-state index is 13.3. The molecule has 1 saturated heterocycles. The lowest BCUT2D eigenvalue weighted by Gasteiger charge is -2.14. The number of ether oxygens (including phenoxy) is 2. The fourth-order valence-corrected chi connectivity index (χ4v) is 2.54. The summed E-state index contributed by atoms with van der Waals surface area (Å²) in [5, 5.41) is 0. The van der Waals surface area contributed by atoms with Gasteiger partial charge in [0.15, 0.2) is 0 Å². The lowest BCUT2D eigenvalue weighted by molar-refractivity contribution is -0.0515. The minimum absolute atomic E-state index is 0.0288. The summed E-state index contributed by atoms with van der Waals surface area (Å²) in [5.74, 6) is -1.14. The summed E-state index contributed by atoms with van der Waals surface area (Å²) in [6, 6.07) is 0. The largest absolute Gasteiger partial charge is 0.695 e. The lowest BCUT2D eigenvalue weighted by atomic mass is 10.2. The second kappa shape index (κ2) is 6.54. The molecule has 4 atom stereocenters. The number of hydrogen-bond acceptors (Lipinski definition) is 6. The molecule has 2 rings (SSSR count). The molecule has 1 aliphatic rings. The van der Waals surface area contributed by atoms with Gasteiger partial charge >= 0.3 is 13.9 Å². The van der Waals surface area contributed by atoms with Gasteiger partial charge in [-0.3, -0.25) is 14.3 Å². The number of nitrogens with zero attached hydrogens (tertiary/aromatic N) is 1. The Morgan fingerprint density at radius 3 is 2.95 bits per heavy atom. The number of aromatic nitrogens is 2. The van der Waals surface area contributed by atoms with Crippen molar-refractivity contribution >= 4 is 8.25 Å². The van der Waals surface area contributed by atoms with Gasteiger partial charge < -0.3 is 9.47 Å². The lowest BCUT2D eigenvalue weighted by Crippen LogP contribution is -2.34. The summed E-state index contributed by atoms with van der Waals surface area (Å²) in [5.41, 5.74) is -1.98. The first-order chi connectivity index (χ1) is 9.92. The summed E-state index contributed by atoms with van der Waals surface area (Å²) in [7, 11) is -1.46. The topological polar surface area (TPSA) is 120 Å². The summed E-state index contributed by atoms with van der Waals surface area (Å²) in [6.07, 6.45) is -1.69. The average molecular weight is 323 g/mol. The fraction of sp³-hybridized carbons (Fsp3) is 0.600. The molecule has 116 valence electrons. The van der Waals surface area contributed by atoms with Gasteiger partial charge in [0, 0.05) is 18.1 Å². The highest BCUT2D eigenvalue weighted by atomic mass is 31.1. The zero-order valence-corrected chi connectivity index (χ0v) is 11.8. The summed E-state index contributed by atoms with van der Waals surface area (Å²) in [6.45, 7) is 0.0604. The molecule has 1 aromatic rings. The Kier molecular flexibility index (Phi) is 4.96. The van der Waals surface area contributed by atoms with E-state index in [1.165, 1.54) is 7.11 Å². The summed E-state index contributed by atoms with van der Waals surface area (Å²) < 4.78 is 40.0. The molecule has 9 nitrogen and oxygen atoms in total. The quantitative estimate of drug-likeness (QED) is 0.710. The molecule has 0 radical (unpaired) electrons. The predicted molar refractivity (Wildman–Crippen MR) is 66.4 cm³/mol. The van der Waals surface area contributed by atoms with E-state index in [2.05, 4.69) is 0 Å². The number of rotatable bonds is 5. The maximum atomic E-state index is 13.3. The molecule has 1 unspecified atom stereocenters. The van der Waals surface area contributed by atoms with Crippen LogP contribution < -0.4 is 11.2 Å². The third-order valence-electron chi connectivity index (χ3n) is 2.97. The molecule has 1 fully saturated rings. The molecule has 11 heteroatoms. The molecule has 0 saturated carbocycles. The van der Waals surface area contributed by atoms with Gasteiger partial charge in [-0.15, -0.1) is 9.42 Å². The van der Waals surface area contributed by atoms with Crippen LogP contribution in [0.1, 0.15) is 12.6 Å². The molecule has 0 spiro atoms. The zero-order valence-electron chi connectivity index (χ0n) is 10.9. The number of nitrogens with one attached hydrogen (secondary N) is 1. The van der Waals surface area contributed by atoms with Crippen molar-refractivity contribution in [3.8, 4) is 0 Å². The van der Waals surface area contributed by atoms with E-state index in [-0.39, 0.29) is 13.0 Å². The van der Waals surface area contributed by atoms with E-state index in [0.29, 0.717) is 0 Å². The van der Waals surface area contributed by atoms with E-state index < -0.39 is 43.8 Å². The predicted octanol–water partition coefficient (Wildman–Crippen LogP) is -0.355. The van der Waals surface area contributed by atoms with Crippen molar-refractivity contribution < 1.29 is 27.8 Å². The standard InChI is InChI=1S/C10H12FN2O7P/c1-18-4-7-6(20-21(16)17)2-8(19-7)13-3-5(11)9(14)12-10(13)15/h3,6-8H,2,4H2,1H3,(H-,12,14,15,16,17)/p+1/t6-,7-,8-/m1/s1. The van der Waals surface area contributed by atoms with E-state index in [0.717, 1.165) is 10.8 Å². The van der Waals surface area contributed by atoms with Crippen LogP contribution in [0.5, 0.6) is 0 Å². The third-order valence-corrected chi connectivity index (χ3v) is 3.42. The maximum Gasteiger partial charge on any atom is 0.695 e. The van der Waals surface area contributed by atoms with Gasteiger partial charge in [0.05, 0.1) is 12.8 Å². The monoisotopic (exact) mass is 323 g/mol. The molecule has 0 aliphatic carbocycles. The van der Waals surface area contributed by atoms with E-state index in [4.69, 9.17) is 18.9 Å². The first-order valence-corrected chi connectivity index (χ1v) is 7.03. The highest BCUT2D eigenvalue weighted by Crippen LogP contribution is 2.34. The Morgan fingerprint density at radius 2 is 2.33 bits per heavy atom. The van der Waals surface area contributed by atoms with Crippen molar-refractivity contribution in [2.24, 2.45) is 0 Å². The van der Waals surface area contributed by atoms with Gasteiger partial charge in [0.2, 0.25) is 5.82 Å². The Labute approximate surface area is 118 Å². The van der Waals surface area contributed by atoms with Crippen LogP contribution >= 0.6 is 8.25 Å². The van der Waals surface area contributed by atoms with E-state index in [1.807, 2.05) is 0 Å². The molecule has 2 heterocycles. The minimum atomic E-state index is -2.86. The van der Waals surface area contributed by atoms with Gasteiger partial charge in [-0.2, -0.15) is 4.39 Å². The van der Waals surface area contributed by atoms with Crippen molar-refractivity contribution in [1.29, 1.82) is 0 Å². The van der Waals surface area contributed by atoms with Crippen LogP contribution in [0.15, 0.2) is 15.8 Å². The Morgan fingerprint density at radius 1 is 1.62 bits per heavy atom. The van der Waals surface area contributed by atoms with Gasteiger partial charge in [0.25, 0.3) is 5.56 Å². The van der Waals surface area contributed by atoms with Gasteiger partial charge in [0.1, 0.15) is 18.4 Å². The van der Waals surface area contributed by atoms with Crippen LogP contribution in [0.25, 0.3) is 0 Å². The molecular formula is C10H13FN2O7P+. The van der Waals surface area contributed by atoms with Crippen molar-refractivity contribution in [1.82, 2.24) is 9.55 Å². The fourth-order valence-electron chi connectivity index (χ4n) is 2.09. The second-order valence-corrected chi connectivity index (χ2v) is 5.03. The van der Waals surface area contributed by atoms with E-state index in [9.17, 15) is 18.5 Å². The SMILES string of the molecule is COC[C@H]1O[C@@H](n2cc(F)c(=O)[nH]c2=O)C[C@H]1O[P+](=O)O. The van der Waals surface area contributed by atoms with Crippen LogP contribution in [0.3, 0.4) is 0 Å². The van der Waals surface area contributed by atoms with Crippen molar-refractivity contribution in [2.45, 2.75) is 24.9 Å². The minimum Gasteiger partial charge on any atom is -0.382 e. The Bertz CT molecular complexity index is 645. The van der Waals surface area contributed by atoms with Crippen molar-refractivity contribution in [3.05, 3.63) is 32.9 Å². The molecule has 21 heavy (non-hydrogen) atoms. The molecule has 2 N–H and O–H groups in total. The number of methoxy groups -OCH3 is 1. The number of hydrogen-bond donors (Lipinski definition) is 2. The Balaban J connectivity index is 2.26. The summed E-state index contributed by atoms with van der Waals surface area (Å²) >= 11 is 0. The highest BCUT2D eigenvalue weighted by Gasteiger charge is 2.42. The molecule has 0 bridgehead atoms. The molecular weight excluding hydrogens is 310 g/mol. The van der Waals surface area contributed by atoms with Crippen molar-refractivity contribution in [3.63, 3.8) is 0 Å². The Hall–Kier alpha value is -1.45. The van der Waals surface area contributed by atoms with E-state index >= 15 is 0 Å². The average Bonchev–Trinajstić information content (AvgIpc) is 2.76. The van der Waals surface area contributed by atoms with Gasteiger partial charge in [-0.25, -0.2) is 4.79 Å². The van der Waals surface area contributed by atoms with Crippen LogP contribution in [-0.2, 0) is 18.6 Å². The third kappa shape index (κ3) is 3.60. The van der Waals surface area contributed by atoms with E-state index in [1.54, 1.807) is 4.98 Å². The van der Waals surface area contributed by atoms with Crippen LogP contribution in [0.2, 0.25) is 0 Å². The number of H-pyrrole nitrogens is 1. The number of halogens is 1. The second-order valence-electron chi connectivity index (χ2n) is 4.35. The number of aromatic amines is 1. The van der Waals surface area contributed by atoms with Gasteiger partial charge in [-0.1, -0.05) is 0 Å². The molecule has 0 amide bonds. The van der Waals surface area contributed by atoms with Crippen LogP contribution in [-0.4, -0.2) is 40.4 Å². The molecule has 1 aliphatic heterocycles. The molecule has 0 aromatic carbocycles. The summed E-state index contributed by atoms with van der Waals surface area (Å²) in [4.78, 5) is 33.2. The normalized spacial score (nSPS) is 26.0. The highest BCUT2D eigenvalue weighted by molar-refractivity contribution is 7.32. The molecule has 1 aromatic heterocycles.